The first-order valence-electron chi connectivity index (χ1n) is 6.90. The number of hydrogen-bond donors (Lipinski definition) is 1. The number of nitrogens with zero attached hydrogens (tertiary/aromatic N) is 3. The topological polar surface area (TPSA) is 81.2 Å². The molecule has 5 rings (SSSR count). The Kier molecular flexibility index (Phi) is 2.02. The molecule has 1 aromatic heterocycles. The molecule has 0 amide bonds. The molecule has 4 fully saturated rings. The first-order chi connectivity index (χ1) is 8.98. The molecule has 4 aliphatic carbocycles. The lowest BCUT2D eigenvalue weighted by Gasteiger charge is -2.59. The zero-order chi connectivity index (χ0) is 13.3. The predicted molar refractivity (Wildman–Crippen MR) is 66.5 cm³/mol. The minimum absolute atomic E-state index is 0.0442. The van der Waals surface area contributed by atoms with E-state index in [1.807, 2.05) is 0 Å². The molecule has 0 aromatic carbocycles. The second-order valence-electron chi connectivity index (χ2n) is 6.81. The van der Waals surface area contributed by atoms with Gasteiger partial charge in [0.1, 0.15) is 12.4 Å². The van der Waals surface area contributed by atoms with Gasteiger partial charge in [0.05, 0.1) is 16.1 Å². The molecular weight excluding hydrogens is 246 g/mol. The second kappa shape index (κ2) is 3.36. The van der Waals surface area contributed by atoms with Crippen LogP contribution in [0.3, 0.4) is 0 Å². The maximum Gasteiger partial charge on any atom is 0.307 e. The van der Waals surface area contributed by atoms with Crippen LogP contribution in [0.25, 0.3) is 0 Å². The quantitative estimate of drug-likeness (QED) is 0.652. The predicted octanol–water partition coefficient (Wildman–Crippen LogP) is 1.83. The van der Waals surface area contributed by atoms with Crippen LogP contribution in [-0.4, -0.2) is 25.4 Å². The second-order valence-corrected chi connectivity index (χ2v) is 6.81. The summed E-state index contributed by atoms with van der Waals surface area (Å²) in [5, 5.41) is 25.7. The summed E-state index contributed by atoms with van der Waals surface area (Å²) in [4.78, 5) is 10.4. The summed E-state index contributed by atoms with van der Waals surface area (Å²) in [6, 6.07) is 0. The molecule has 0 radical (unpaired) electrons. The van der Waals surface area contributed by atoms with E-state index in [-0.39, 0.29) is 11.2 Å². The van der Waals surface area contributed by atoms with E-state index in [4.69, 9.17) is 0 Å². The van der Waals surface area contributed by atoms with E-state index < -0.39 is 10.5 Å². The van der Waals surface area contributed by atoms with Gasteiger partial charge < -0.3 is 5.11 Å². The van der Waals surface area contributed by atoms with Crippen LogP contribution in [0.15, 0.2) is 12.4 Å². The third-order valence-electron chi connectivity index (χ3n) is 5.27. The third-order valence-corrected chi connectivity index (χ3v) is 5.27. The SMILES string of the molecule is O=[N+]([O-])c1cnn(C23C[C@@H]4C[C@@H](CC(O)(C4)C2)C3)c1. The zero-order valence-corrected chi connectivity index (χ0v) is 10.7. The Bertz CT molecular complexity index is 539. The first-order valence-corrected chi connectivity index (χ1v) is 6.90. The largest absolute Gasteiger partial charge is 0.390 e. The van der Waals surface area contributed by atoms with Gasteiger partial charge in [-0.1, -0.05) is 0 Å². The van der Waals surface area contributed by atoms with Crippen molar-refractivity contribution in [3.8, 4) is 0 Å². The van der Waals surface area contributed by atoms with Crippen molar-refractivity contribution in [2.24, 2.45) is 11.8 Å². The number of aliphatic hydroxyl groups is 1. The number of rotatable bonds is 2. The van der Waals surface area contributed by atoms with Gasteiger partial charge in [-0.2, -0.15) is 5.10 Å². The fraction of sp³-hybridized carbons (Fsp3) is 0.769. The Morgan fingerprint density at radius 1 is 1.37 bits per heavy atom. The van der Waals surface area contributed by atoms with Crippen LogP contribution in [0.4, 0.5) is 5.69 Å². The molecule has 1 heterocycles. The van der Waals surface area contributed by atoms with E-state index in [1.165, 1.54) is 18.8 Å². The van der Waals surface area contributed by atoms with E-state index in [9.17, 15) is 15.2 Å². The van der Waals surface area contributed by atoms with Crippen molar-refractivity contribution in [2.75, 3.05) is 0 Å². The smallest absolute Gasteiger partial charge is 0.307 e. The molecule has 4 atom stereocenters. The maximum atomic E-state index is 10.8. The van der Waals surface area contributed by atoms with Gasteiger partial charge in [-0.3, -0.25) is 14.8 Å². The van der Waals surface area contributed by atoms with Crippen LogP contribution >= 0.6 is 0 Å². The average molecular weight is 263 g/mol. The van der Waals surface area contributed by atoms with Gasteiger partial charge in [0, 0.05) is 6.42 Å². The first kappa shape index (κ1) is 11.4. The van der Waals surface area contributed by atoms with Gasteiger partial charge in [-0.25, -0.2) is 0 Å². The molecule has 19 heavy (non-hydrogen) atoms. The molecule has 2 unspecified atom stereocenters. The number of nitro groups is 1. The van der Waals surface area contributed by atoms with Crippen LogP contribution < -0.4 is 0 Å². The normalized spacial score (nSPS) is 43.6. The zero-order valence-electron chi connectivity index (χ0n) is 10.7. The fourth-order valence-electron chi connectivity index (χ4n) is 5.10. The summed E-state index contributed by atoms with van der Waals surface area (Å²) < 4.78 is 1.77. The van der Waals surface area contributed by atoms with Crippen molar-refractivity contribution in [3.05, 3.63) is 22.5 Å². The van der Waals surface area contributed by atoms with Crippen molar-refractivity contribution in [2.45, 2.75) is 49.7 Å². The van der Waals surface area contributed by atoms with Crippen LogP contribution in [0.2, 0.25) is 0 Å². The summed E-state index contributed by atoms with van der Waals surface area (Å²) in [5.41, 5.74) is -0.708. The molecule has 0 aliphatic heterocycles. The van der Waals surface area contributed by atoms with Gasteiger partial charge in [0.2, 0.25) is 0 Å². The molecule has 6 heteroatoms. The molecule has 0 saturated heterocycles. The summed E-state index contributed by atoms with van der Waals surface area (Å²) >= 11 is 0. The van der Waals surface area contributed by atoms with E-state index in [0.29, 0.717) is 18.3 Å². The van der Waals surface area contributed by atoms with Gasteiger partial charge >= 0.3 is 5.69 Å². The molecule has 4 bridgehead atoms. The molecule has 4 saturated carbocycles. The Morgan fingerprint density at radius 3 is 2.58 bits per heavy atom. The Balaban J connectivity index is 1.75. The Morgan fingerprint density at radius 2 is 2.05 bits per heavy atom. The van der Waals surface area contributed by atoms with Crippen molar-refractivity contribution < 1.29 is 10.0 Å². The molecule has 102 valence electrons. The molecule has 1 N–H and O–H groups in total. The highest BCUT2D eigenvalue weighted by Gasteiger charge is 2.58. The summed E-state index contributed by atoms with van der Waals surface area (Å²) in [6.07, 6.45) is 8.57. The van der Waals surface area contributed by atoms with E-state index in [1.54, 1.807) is 4.68 Å². The highest BCUT2D eigenvalue weighted by Crippen LogP contribution is 2.60. The van der Waals surface area contributed by atoms with Crippen LogP contribution in [0, 0.1) is 22.0 Å². The third kappa shape index (κ3) is 1.55. The highest BCUT2D eigenvalue weighted by molar-refractivity contribution is 5.23. The van der Waals surface area contributed by atoms with E-state index in [0.717, 1.165) is 25.7 Å². The Labute approximate surface area is 110 Å². The number of hydrogen-bond acceptors (Lipinski definition) is 4. The standard InChI is InChI=1S/C13H17N3O3/c17-13-4-9-1-10(5-13)3-12(2-9,8-13)15-7-11(6-14-15)16(18)19/h6-7,9-10,17H,1-5,8H2/t9-,10+,12?,13?. The van der Waals surface area contributed by atoms with Crippen molar-refractivity contribution >= 4 is 5.69 Å². The molecule has 1 aromatic rings. The lowest BCUT2D eigenvalue weighted by atomic mass is 9.51. The van der Waals surface area contributed by atoms with E-state index in [2.05, 4.69) is 5.10 Å². The average Bonchev–Trinajstić information content (AvgIpc) is 2.74. The minimum atomic E-state index is -0.565. The van der Waals surface area contributed by atoms with Crippen molar-refractivity contribution in [1.82, 2.24) is 9.78 Å². The highest BCUT2D eigenvalue weighted by atomic mass is 16.6. The minimum Gasteiger partial charge on any atom is -0.390 e. The molecule has 0 spiro atoms. The summed E-state index contributed by atoms with van der Waals surface area (Å²) in [5.74, 6) is 1.10. The van der Waals surface area contributed by atoms with Crippen LogP contribution in [0.5, 0.6) is 0 Å². The summed E-state index contributed by atoms with van der Waals surface area (Å²) in [7, 11) is 0. The molecule has 6 nitrogen and oxygen atoms in total. The Hall–Kier alpha value is -1.43. The van der Waals surface area contributed by atoms with Gasteiger partial charge in [-0.05, 0) is 43.9 Å². The lowest BCUT2D eigenvalue weighted by Crippen LogP contribution is -2.59. The lowest BCUT2D eigenvalue weighted by molar-refractivity contribution is -0.385. The van der Waals surface area contributed by atoms with Crippen molar-refractivity contribution in [1.29, 1.82) is 0 Å². The molecule has 4 aliphatic rings. The van der Waals surface area contributed by atoms with Gasteiger partial charge in [0.25, 0.3) is 0 Å². The molecular formula is C13H17N3O3. The van der Waals surface area contributed by atoms with E-state index >= 15 is 0 Å². The van der Waals surface area contributed by atoms with Crippen LogP contribution in [0.1, 0.15) is 38.5 Å². The van der Waals surface area contributed by atoms with Gasteiger partial charge in [0.15, 0.2) is 0 Å². The maximum absolute atomic E-state index is 10.8. The monoisotopic (exact) mass is 263 g/mol. The summed E-state index contributed by atoms with van der Waals surface area (Å²) in [6.45, 7) is 0. The van der Waals surface area contributed by atoms with Crippen molar-refractivity contribution in [3.63, 3.8) is 0 Å². The fourth-order valence-corrected chi connectivity index (χ4v) is 5.10. The van der Waals surface area contributed by atoms with Crippen LogP contribution in [-0.2, 0) is 5.54 Å². The van der Waals surface area contributed by atoms with Gasteiger partial charge in [-0.15, -0.1) is 0 Å². The number of aromatic nitrogens is 2.